The minimum atomic E-state index is -3.32. The molecule has 8 nitrogen and oxygen atoms in total. The minimum Gasteiger partial charge on any atom is -0.324 e. The smallest absolute Gasteiger partial charge is 0.227 e. The highest BCUT2D eigenvalue weighted by atomic mass is 32.2. The van der Waals surface area contributed by atoms with Crippen LogP contribution in [0.15, 0.2) is 59.9 Å². The second-order valence-corrected chi connectivity index (χ2v) is 11.8. The number of nitrogens with zero attached hydrogens (tertiary/aromatic N) is 4. The average molecular weight is 491 g/mol. The van der Waals surface area contributed by atoms with Crippen molar-refractivity contribution in [2.45, 2.75) is 41.7 Å². The number of likely N-dealkylation sites (tertiary alicyclic amines) is 1. The van der Waals surface area contributed by atoms with E-state index in [2.05, 4.69) is 55.5 Å². The van der Waals surface area contributed by atoms with Crippen LogP contribution in [0.25, 0.3) is 12.2 Å². The van der Waals surface area contributed by atoms with E-state index >= 15 is 0 Å². The molecule has 3 aromatic rings. The molecule has 5 rings (SSSR count). The second kappa shape index (κ2) is 9.39. The first-order chi connectivity index (χ1) is 16.8. The summed E-state index contributed by atoms with van der Waals surface area (Å²) in [6.07, 6.45) is 16.1. The molecular formula is C26H30N6O2S. The van der Waals surface area contributed by atoms with E-state index in [1.54, 1.807) is 36.7 Å². The molecule has 2 aliphatic rings. The molecule has 0 spiro atoms. The van der Waals surface area contributed by atoms with Gasteiger partial charge in [0.15, 0.2) is 9.84 Å². The van der Waals surface area contributed by atoms with Crippen molar-refractivity contribution in [3.05, 3.63) is 71.8 Å². The highest BCUT2D eigenvalue weighted by Gasteiger charge is 2.30. The van der Waals surface area contributed by atoms with E-state index in [0.717, 1.165) is 36.5 Å². The molecule has 1 unspecified atom stereocenters. The Labute approximate surface area is 206 Å². The number of sulfone groups is 1. The summed E-state index contributed by atoms with van der Waals surface area (Å²) < 4.78 is 25.9. The number of nitrogens with one attached hydrogen (secondary N) is 2. The Kier molecular flexibility index (Phi) is 6.29. The maximum Gasteiger partial charge on any atom is 0.227 e. The molecule has 182 valence electrons. The number of hydrogen-bond donors (Lipinski definition) is 2. The number of rotatable bonds is 6. The molecule has 1 aromatic carbocycles. The highest BCUT2D eigenvalue weighted by molar-refractivity contribution is 7.92. The van der Waals surface area contributed by atoms with Gasteiger partial charge in [-0.1, -0.05) is 25.2 Å². The van der Waals surface area contributed by atoms with E-state index in [1.165, 1.54) is 5.56 Å². The van der Waals surface area contributed by atoms with Crippen molar-refractivity contribution in [3.63, 3.8) is 0 Å². The van der Waals surface area contributed by atoms with Crippen molar-refractivity contribution in [2.24, 2.45) is 0 Å². The normalized spacial score (nSPS) is 21.3. The molecule has 1 atom stereocenters. The molecule has 1 aliphatic carbocycles. The van der Waals surface area contributed by atoms with Crippen LogP contribution in [-0.4, -0.2) is 58.9 Å². The Morgan fingerprint density at radius 2 is 1.83 bits per heavy atom. The summed E-state index contributed by atoms with van der Waals surface area (Å²) >= 11 is 0. The van der Waals surface area contributed by atoms with Gasteiger partial charge in [-0.15, -0.1) is 0 Å². The molecule has 9 heteroatoms. The number of aromatic amines is 1. The number of aromatic nitrogens is 4. The van der Waals surface area contributed by atoms with Crippen molar-refractivity contribution in [2.75, 3.05) is 25.5 Å². The van der Waals surface area contributed by atoms with E-state index in [-0.39, 0.29) is 10.7 Å². The minimum absolute atomic E-state index is 0.135. The molecule has 0 radical (unpaired) electrons. The van der Waals surface area contributed by atoms with Crippen LogP contribution in [0.2, 0.25) is 0 Å². The predicted octanol–water partition coefficient (Wildman–Crippen LogP) is 4.20. The van der Waals surface area contributed by atoms with Crippen LogP contribution >= 0.6 is 0 Å². The maximum absolute atomic E-state index is 13.0. The zero-order valence-corrected chi connectivity index (χ0v) is 20.8. The number of benzene rings is 1. The third-order valence-electron chi connectivity index (χ3n) is 6.97. The van der Waals surface area contributed by atoms with Gasteiger partial charge < -0.3 is 10.2 Å². The zero-order chi connectivity index (χ0) is 24.5. The summed E-state index contributed by atoms with van der Waals surface area (Å²) in [6, 6.07) is 6.85. The molecule has 35 heavy (non-hydrogen) atoms. The van der Waals surface area contributed by atoms with Crippen molar-refractivity contribution >= 4 is 33.6 Å². The molecular weight excluding hydrogens is 460 g/mol. The lowest BCUT2D eigenvalue weighted by Gasteiger charge is -2.28. The van der Waals surface area contributed by atoms with Crippen LogP contribution in [0, 0.1) is 0 Å². The van der Waals surface area contributed by atoms with Crippen LogP contribution in [0.1, 0.15) is 43.0 Å². The van der Waals surface area contributed by atoms with Gasteiger partial charge in [0.05, 0.1) is 22.0 Å². The molecule has 1 fully saturated rings. The van der Waals surface area contributed by atoms with Gasteiger partial charge in [-0.3, -0.25) is 5.10 Å². The van der Waals surface area contributed by atoms with Crippen molar-refractivity contribution in [1.29, 1.82) is 0 Å². The van der Waals surface area contributed by atoms with Crippen LogP contribution < -0.4 is 5.32 Å². The number of allylic oxidation sites excluding steroid dienone is 2. The molecule has 0 saturated carbocycles. The number of piperidine rings is 1. The van der Waals surface area contributed by atoms with Crippen molar-refractivity contribution in [1.82, 2.24) is 25.1 Å². The SMILES string of the molecule is CN1CCC(S(=O)(=O)c2ccc(Nc3ncc(/C=C/C4(C)CC=Cc5[nH]ncc54)cn3)cc2)CC1. The van der Waals surface area contributed by atoms with Gasteiger partial charge in [-0.05, 0) is 69.7 Å². The Balaban J connectivity index is 1.23. The number of H-pyrrole nitrogens is 1. The monoisotopic (exact) mass is 490 g/mol. The van der Waals surface area contributed by atoms with E-state index in [1.807, 2.05) is 19.3 Å². The van der Waals surface area contributed by atoms with Crippen LogP contribution in [0.3, 0.4) is 0 Å². The van der Waals surface area contributed by atoms with Crippen LogP contribution in [-0.2, 0) is 15.3 Å². The fraction of sp³-hybridized carbons (Fsp3) is 0.346. The van der Waals surface area contributed by atoms with Gasteiger partial charge in [0.1, 0.15) is 0 Å². The Morgan fingerprint density at radius 3 is 2.54 bits per heavy atom. The molecule has 0 amide bonds. The van der Waals surface area contributed by atoms with Crippen LogP contribution in [0.4, 0.5) is 11.6 Å². The topological polar surface area (TPSA) is 104 Å². The number of anilines is 2. The summed E-state index contributed by atoms with van der Waals surface area (Å²) in [7, 11) is -1.29. The lowest BCUT2D eigenvalue weighted by atomic mass is 9.76. The van der Waals surface area contributed by atoms with Gasteiger partial charge in [0.25, 0.3) is 0 Å². The third-order valence-corrected chi connectivity index (χ3v) is 9.25. The van der Waals surface area contributed by atoms with E-state index < -0.39 is 9.84 Å². The molecule has 1 saturated heterocycles. The van der Waals surface area contributed by atoms with Crippen molar-refractivity contribution in [3.8, 4) is 0 Å². The Morgan fingerprint density at radius 1 is 1.11 bits per heavy atom. The number of hydrogen-bond acceptors (Lipinski definition) is 7. The predicted molar refractivity (Wildman–Crippen MR) is 138 cm³/mol. The summed E-state index contributed by atoms with van der Waals surface area (Å²) in [5.41, 5.74) is 3.73. The molecule has 2 N–H and O–H groups in total. The quantitative estimate of drug-likeness (QED) is 0.534. The average Bonchev–Trinajstić information content (AvgIpc) is 3.35. The largest absolute Gasteiger partial charge is 0.324 e. The fourth-order valence-electron chi connectivity index (χ4n) is 4.68. The number of fused-ring (bicyclic) bond motifs is 1. The van der Waals surface area contributed by atoms with E-state index in [9.17, 15) is 8.42 Å². The summed E-state index contributed by atoms with van der Waals surface area (Å²) in [6.45, 7) is 3.81. The standard InChI is InChI=1S/C26H30N6O2S/c1-26(12-3-4-24-23(26)18-29-31-24)13-9-19-16-27-25(28-17-19)30-20-5-7-21(8-6-20)35(33,34)22-10-14-32(2)15-11-22/h3-9,13,16-18,22H,10-12,14-15H2,1-2H3,(H,29,31)(H,27,28,30)/b13-9+. The third kappa shape index (κ3) is 4.92. The van der Waals surface area contributed by atoms with Gasteiger partial charge in [0.2, 0.25) is 5.95 Å². The maximum atomic E-state index is 13.0. The highest BCUT2D eigenvalue weighted by Crippen LogP contribution is 2.36. The summed E-state index contributed by atoms with van der Waals surface area (Å²) in [5, 5.41) is 10.0. The van der Waals surface area contributed by atoms with Gasteiger partial charge in [-0.25, -0.2) is 18.4 Å². The Hall–Kier alpha value is -3.30. The first-order valence-corrected chi connectivity index (χ1v) is 13.4. The van der Waals surface area contributed by atoms with Crippen LogP contribution in [0.5, 0.6) is 0 Å². The van der Waals surface area contributed by atoms with Gasteiger partial charge in [0, 0.05) is 34.6 Å². The molecule has 3 heterocycles. The van der Waals surface area contributed by atoms with Crippen molar-refractivity contribution < 1.29 is 8.42 Å². The zero-order valence-electron chi connectivity index (χ0n) is 20.0. The van der Waals surface area contributed by atoms with E-state index in [0.29, 0.717) is 23.7 Å². The summed E-state index contributed by atoms with van der Waals surface area (Å²) in [4.78, 5) is 11.4. The lowest BCUT2D eigenvalue weighted by molar-refractivity contribution is 0.277. The van der Waals surface area contributed by atoms with E-state index in [4.69, 9.17) is 0 Å². The van der Waals surface area contributed by atoms with Gasteiger partial charge >= 0.3 is 0 Å². The molecule has 0 bridgehead atoms. The first kappa shape index (κ1) is 23.4. The molecule has 1 aliphatic heterocycles. The second-order valence-electron chi connectivity index (χ2n) is 9.59. The summed E-state index contributed by atoms with van der Waals surface area (Å²) in [5.74, 6) is 0.456. The van der Waals surface area contributed by atoms with Gasteiger partial charge in [-0.2, -0.15) is 5.10 Å². The fourth-order valence-corrected chi connectivity index (χ4v) is 6.41. The lowest BCUT2D eigenvalue weighted by Crippen LogP contribution is -2.37. The Bertz CT molecular complexity index is 1340. The molecule has 2 aromatic heterocycles. The first-order valence-electron chi connectivity index (χ1n) is 11.8.